The molecule has 2 rings (SSSR count). The minimum atomic E-state index is -1.61. The van der Waals surface area contributed by atoms with Crippen LogP contribution in [0, 0.1) is 10.1 Å². The minimum absolute atomic E-state index is 0.163. The fraction of sp³-hybridized carbons (Fsp3) is 0.462. The van der Waals surface area contributed by atoms with Crippen LogP contribution in [0.5, 0.6) is 0 Å². The van der Waals surface area contributed by atoms with Crippen molar-refractivity contribution in [2.45, 2.75) is 30.6 Å². The van der Waals surface area contributed by atoms with Crippen LogP contribution in [-0.4, -0.2) is 73.6 Å². The number of rotatable bonds is 4. The van der Waals surface area contributed by atoms with Crippen molar-refractivity contribution in [3.8, 4) is 0 Å². The number of ether oxygens (including phenoxy) is 1. The van der Waals surface area contributed by atoms with Crippen molar-refractivity contribution in [2.75, 3.05) is 6.61 Å². The van der Waals surface area contributed by atoms with Gasteiger partial charge in [-0.25, -0.2) is 4.99 Å². The number of nitro groups is 1. The van der Waals surface area contributed by atoms with Crippen molar-refractivity contribution in [3.63, 3.8) is 0 Å². The SMILES string of the molecule is O=[N+]([O-])c1ccc(C(=N[C@@H]2O[C@H](CO)[C@@H](O)[C@H](O)[C@H]2O)NO)cc1. The molecular formula is C13H17N3O8. The van der Waals surface area contributed by atoms with Gasteiger partial charge in [-0.1, -0.05) is 0 Å². The molecular weight excluding hydrogens is 326 g/mol. The van der Waals surface area contributed by atoms with E-state index >= 15 is 0 Å². The van der Waals surface area contributed by atoms with Gasteiger partial charge in [-0.2, -0.15) is 0 Å². The Bertz CT molecular complexity index is 606. The lowest BCUT2D eigenvalue weighted by molar-refractivity contribution is -0.384. The normalized spacial score (nSPS) is 30.9. The average Bonchev–Trinajstić information content (AvgIpc) is 2.59. The third-order valence-corrected chi connectivity index (χ3v) is 3.58. The molecule has 1 aromatic carbocycles. The summed E-state index contributed by atoms with van der Waals surface area (Å²) < 4.78 is 5.19. The van der Waals surface area contributed by atoms with Crippen molar-refractivity contribution < 1.29 is 35.3 Å². The van der Waals surface area contributed by atoms with Gasteiger partial charge in [0, 0.05) is 17.7 Å². The highest BCUT2D eigenvalue weighted by molar-refractivity contribution is 5.98. The number of benzene rings is 1. The summed E-state index contributed by atoms with van der Waals surface area (Å²) in [5.41, 5.74) is 1.86. The quantitative estimate of drug-likeness (QED) is 0.158. The van der Waals surface area contributed by atoms with Gasteiger partial charge in [0.15, 0.2) is 12.1 Å². The maximum Gasteiger partial charge on any atom is 0.269 e. The van der Waals surface area contributed by atoms with E-state index in [1.54, 1.807) is 5.48 Å². The number of nitrogens with one attached hydrogen (secondary N) is 1. The molecule has 11 nitrogen and oxygen atoms in total. The van der Waals surface area contributed by atoms with E-state index in [1.807, 2.05) is 0 Å². The van der Waals surface area contributed by atoms with E-state index in [0.717, 1.165) is 0 Å². The van der Waals surface area contributed by atoms with Gasteiger partial charge in [-0.3, -0.25) is 20.8 Å². The van der Waals surface area contributed by atoms with Crippen LogP contribution in [0.1, 0.15) is 5.56 Å². The van der Waals surface area contributed by atoms with E-state index in [4.69, 9.17) is 9.84 Å². The van der Waals surface area contributed by atoms with Crippen molar-refractivity contribution in [1.82, 2.24) is 5.48 Å². The largest absolute Gasteiger partial charge is 0.394 e. The highest BCUT2D eigenvalue weighted by Crippen LogP contribution is 2.22. The zero-order chi connectivity index (χ0) is 17.9. The van der Waals surface area contributed by atoms with E-state index in [-0.39, 0.29) is 17.1 Å². The van der Waals surface area contributed by atoms with Crippen LogP contribution in [0.4, 0.5) is 5.69 Å². The van der Waals surface area contributed by atoms with E-state index in [0.29, 0.717) is 0 Å². The molecule has 0 radical (unpaired) electrons. The summed E-state index contributed by atoms with van der Waals surface area (Å²) in [6.07, 6.45) is -7.27. The Kier molecular flexibility index (Phi) is 5.77. The molecule has 0 amide bonds. The maximum absolute atomic E-state index is 10.6. The molecule has 0 aliphatic carbocycles. The molecule has 0 aromatic heterocycles. The van der Waals surface area contributed by atoms with Gasteiger partial charge in [0.1, 0.15) is 24.4 Å². The lowest BCUT2D eigenvalue weighted by atomic mass is 9.98. The molecule has 11 heteroatoms. The van der Waals surface area contributed by atoms with E-state index < -0.39 is 42.2 Å². The number of nitro benzene ring substituents is 1. The van der Waals surface area contributed by atoms with Crippen LogP contribution in [0.3, 0.4) is 0 Å². The second-order valence-electron chi connectivity index (χ2n) is 5.11. The summed E-state index contributed by atoms with van der Waals surface area (Å²) in [6, 6.07) is 5.00. The standard InChI is InChI=1S/C13H17N3O8/c17-5-8-9(18)10(19)11(20)13(24-8)14-12(15-21)6-1-3-7(4-2-6)16(22)23/h1-4,8-11,13,17-21H,5H2,(H,14,15)/t8-,9-,10+,11-,13-/m1/s1. The van der Waals surface area contributed by atoms with E-state index in [1.165, 1.54) is 24.3 Å². The molecule has 24 heavy (non-hydrogen) atoms. The van der Waals surface area contributed by atoms with Crippen molar-refractivity contribution in [2.24, 2.45) is 4.99 Å². The number of hydroxylamine groups is 1. The van der Waals surface area contributed by atoms with Gasteiger partial charge >= 0.3 is 0 Å². The highest BCUT2D eigenvalue weighted by Gasteiger charge is 2.43. The van der Waals surface area contributed by atoms with E-state index in [9.17, 15) is 30.6 Å². The van der Waals surface area contributed by atoms with Crippen molar-refractivity contribution >= 4 is 11.5 Å². The van der Waals surface area contributed by atoms with Crippen LogP contribution in [-0.2, 0) is 4.74 Å². The van der Waals surface area contributed by atoms with Crippen LogP contribution in [0.2, 0.25) is 0 Å². The molecule has 0 unspecified atom stereocenters. The Morgan fingerprint density at radius 2 is 1.83 bits per heavy atom. The van der Waals surface area contributed by atoms with Gasteiger partial charge in [-0.05, 0) is 12.1 Å². The molecule has 6 N–H and O–H groups in total. The minimum Gasteiger partial charge on any atom is -0.394 e. The molecule has 1 aliphatic rings. The van der Waals surface area contributed by atoms with Crippen LogP contribution >= 0.6 is 0 Å². The molecule has 132 valence electrons. The number of hydrogen-bond acceptors (Lipinski definition) is 9. The fourth-order valence-electron chi connectivity index (χ4n) is 2.22. The number of amidine groups is 1. The highest BCUT2D eigenvalue weighted by atomic mass is 16.6. The summed E-state index contributed by atoms with van der Waals surface area (Å²) in [4.78, 5) is 13.9. The third kappa shape index (κ3) is 3.67. The lowest BCUT2D eigenvalue weighted by Gasteiger charge is -2.38. The zero-order valence-electron chi connectivity index (χ0n) is 12.3. The molecule has 0 bridgehead atoms. The number of aliphatic hydroxyl groups excluding tert-OH is 4. The maximum atomic E-state index is 10.6. The van der Waals surface area contributed by atoms with Crippen LogP contribution in [0.15, 0.2) is 29.3 Å². The first-order chi connectivity index (χ1) is 11.4. The van der Waals surface area contributed by atoms with Crippen LogP contribution < -0.4 is 5.48 Å². The second-order valence-corrected chi connectivity index (χ2v) is 5.11. The summed E-state index contributed by atoms with van der Waals surface area (Å²) >= 11 is 0. The number of aliphatic imine (C=N–C) groups is 1. The smallest absolute Gasteiger partial charge is 0.269 e. The van der Waals surface area contributed by atoms with Gasteiger partial charge in [0.2, 0.25) is 0 Å². The van der Waals surface area contributed by atoms with Crippen molar-refractivity contribution in [1.29, 1.82) is 0 Å². The van der Waals surface area contributed by atoms with Gasteiger partial charge in [0.05, 0.1) is 11.5 Å². The Morgan fingerprint density at radius 3 is 2.33 bits per heavy atom. The Balaban J connectivity index is 2.26. The van der Waals surface area contributed by atoms with Gasteiger partial charge < -0.3 is 25.2 Å². The molecule has 1 saturated heterocycles. The molecule has 0 saturated carbocycles. The van der Waals surface area contributed by atoms with Gasteiger partial charge in [-0.15, -0.1) is 0 Å². The second kappa shape index (κ2) is 7.61. The third-order valence-electron chi connectivity index (χ3n) is 3.58. The average molecular weight is 343 g/mol. The number of non-ortho nitro benzene ring substituents is 1. The number of aliphatic hydroxyl groups is 4. The molecule has 1 fully saturated rings. The first-order valence-corrected chi connectivity index (χ1v) is 6.92. The lowest BCUT2D eigenvalue weighted by Crippen LogP contribution is -2.58. The van der Waals surface area contributed by atoms with Crippen molar-refractivity contribution in [3.05, 3.63) is 39.9 Å². The molecule has 1 heterocycles. The Hall–Kier alpha value is -2.15. The molecule has 1 aromatic rings. The summed E-state index contributed by atoms with van der Waals surface area (Å²) in [7, 11) is 0. The summed E-state index contributed by atoms with van der Waals surface area (Å²) in [5, 5.41) is 58.3. The Labute approximate surface area is 135 Å². The topological polar surface area (TPSA) is 178 Å². The molecule has 1 aliphatic heterocycles. The first-order valence-electron chi connectivity index (χ1n) is 6.92. The fourth-order valence-corrected chi connectivity index (χ4v) is 2.22. The molecule has 5 atom stereocenters. The number of hydrogen-bond donors (Lipinski definition) is 6. The Morgan fingerprint density at radius 1 is 1.21 bits per heavy atom. The van der Waals surface area contributed by atoms with Gasteiger partial charge in [0.25, 0.3) is 5.69 Å². The number of nitrogens with zero attached hydrogens (tertiary/aromatic N) is 2. The first kappa shape index (κ1) is 18.2. The van der Waals surface area contributed by atoms with E-state index in [2.05, 4.69) is 4.99 Å². The monoisotopic (exact) mass is 343 g/mol. The molecule has 0 spiro atoms. The van der Waals surface area contributed by atoms with Crippen LogP contribution in [0.25, 0.3) is 0 Å². The predicted molar refractivity (Wildman–Crippen MR) is 78.3 cm³/mol. The summed E-state index contributed by atoms with van der Waals surface area (Å²) in [5.74, 6) is -0.186. The zero-order valence-corrected chi connectivity index (χ0v) is 12.3. The summed E-state index contributed by atoms with van der Waals surface area (Å²) in [6.45, 7) is -0.615. The predicted octanol–water partition coefficient (Wildman–Crippen LogP) is -1.88.